The summed E-state index contributed by atoms with van der Waals surface area (Å²) in [6, 6.07) is 52.9. The van der Waals surface area contributed by atoms with Gasteiger partial charge in [0, 0.05) is 45.8 Å². The van der Waals surface area contributed by atoms with Crippen molar-refractivity contribution in [3.63, 3.8) is 0 Å². The number of benzene rings is 5. The van der Waals surface area contributed by atoms with Crippen molar-refractivity contribution < 1.29 is 0 Å². The first-order valence-corrected chi connectivity index (χ1v) is 15.7. The quantitative estimate of drug-likeness (QED) is 0.177. The van der Waals surface area contributed by atoms with Crippen LogP contribution in [0.25, 0.3) is 79.2 Å². The van der Waals surface area contributed by atoms with Gasteiger partial charge < -0.3 is 0 Å². The fourth-order valence-corrected chi connectivity index (χ4v) is 5.62. The predicted octanol–water partition coefficient (Wildman–Crippen LogP) is 9.73. The molecule has 0 aliphatic heterocycles. The second kappa shape index (κ2) is 13.0. The van der Waals surface area contributed by atoms with Gasteiger partial charge in [-0.2, -0.15) is 0 Å². The first kappa shape index (κ1) is 28.8. The number of aromatic nitrogens is 6. The molecule has 0 saturated heterocycles. The molecule has 0 radical (unpaired) electrons. The highest BCUT2D eigenvalue weighted by Crippen LogP contribution is 2.32. The molecule has 0 saturated carbocycles. The third-order valence-corrected chi connectivity index (χ3v) is 8.05. The molecule has 5 aromatic carbocycles. The lowest BCUT2D eigenvalue weighted by atomic mass is 9.99. The molecule has 0 aliphatic carbocycles. The molecule has 8 aromatic rings. The molecular weight excluding hydrogens is 589 g/mol. The number of hydrogen-bond donors (Lipinski definition) is 0. The summed E-state index contributed by atoms with van der Waals surface area (Å²) in [5, 5.41) is 0. The molecule has 3 heterocycles. The van der Waals surface area contributed by atoms with E-state index in [1.54, 1.807) is 12.4 Å². The van der Waals surface area contributed by atoms with Crippen molar-refractivity contribution in [2.45, 2.75) is 0 Å². The van der Waals surface area contributed by atoms with Crippen molar-refractivity contribution in [2.24, 2.45) is 0 Å². The summed E-state index contributed by atoms with van der Waals surface area (Å²) in [6.45, 7) is 0. The Morgan fingerprint density at radius 1 is 0.250 bits per heavy atom. The Hall–Kier alpha value is -6.66. The minimum Gasteiger partial charge on any atom is -0.265 e. The van der Waals surface area contributed by atoms with E-state index in [4.69, 9.17) is 24.9 Å². The van der Waals surface area contributed by atoms with Crippen LogP contribution in [-0.2, 0) is 0 Å². The molecule has 3 aromatic heterocycles. The zero-order chi connectivity index (χ0) is 32.1. The first-order chi connectivity index (χ1) is 23.8. The zero-order valence-electron chi connectivity index (χ0n) is 25.8. The number of hydrogen-bond acceptors (Lipinski definition) is 6. The Labute approximate surface area is 278 Å². The van der Waals surface area contributed by atoms with Gasteiger partial charge in [0.15, 0.2) is 23.3 Å². The third-order valence-electron chi connectivity index (χ3n) is 8.05. The molecule has 8 rings (SSSR count). The molecule has 6 heteroatoms. The van der Waals surface area contributed by atoms with Crippen molar-refractivity contribution in [2.75, 3.05) is 0 Å². The highest BCUT2D eigenvalue weighted by atomic mass is 15.0. The van der Waals surface area contributed by atoms with Crippen LogP contribution in [0, 0.1) is 0 Å². The average Bonchev–Trinajstić information content (AvgIpc) is 3.19. The monoisotopic (exact) mass is 616 g/mol. The van der Waals surface area contributed by atoms with Crippen LogP contribution in [0.2, 0.25) is 0 Å². The van der Waals surface area contributed by atoms with E-state index in [9.17, 15) is 0 Å². The van der Waals surface area contributed by atoms with Gasteiger partial charge in [-0.15, -0.1) is 0 Å². The molecule has 6 nitrogen and oxygen atoms in total. The van der Waals surface area contributed by atoms with E-state index < -0.39 is 0 Å². The van der Waals surface area contributed by atoms with Crippen LogP contribution in [0.15, 0.2) is 170 Å². The molecule has 48 heavy (non-hydrogen) atoms. The smallest absolute Gasteiger partial charge is 0.164 e. The Morgan fingerprint density at radius 2 is 0.625 bits per heavy atom. The van der Waals surface area contributed by atoms with E-state index in [0.29, 0.717) is 23.3 Å². The molecule has 0 bridgehead atoms. The maximum atomic E-state index is 5.01. The number of nitrogens with zero attached hydrogens (tertiary/aromatic N) is 6. The molecule has 0 spiro atoms. The van der Waals surface area contributed by atoms with E-state index in [2.05, 4.69) is 59.6 Å². The van der Waals surface area contributed by atoms with Crippen LogP contribution < -0.4 is 0 Å². The number of rotatable bonds is 7. The van der Waals surface area contributed by atoms with Crippen molar-refractivity contribution >= 4 is 0 Å². The Bertz CT molecular complexity index is 2040. The lowest BCUT2D eigenvalue weighted by Crippen LogP contribution is -2.00. The normalized spacial score (nSPS) is 10.9. The van der Waals surface area contributed by atoms with Crippen LogP contribution >= 0.6 is 0 Å². The second-order valence-corrected chi connectivity index (χ2v) is 11.3. The second-order valence-electron chi connectivity index (χ2n) is 11.3. The fourth-order valence-electron chi connectivity index (χ4n) is 5.62. The molecule has 0 unspecified atom stereocenters. The maximum absolute atomic E-state index is 5.01. The van der Waals surface area contributed by atoms with Gasteiger partial charge in [-0.3, -0.25) is 4.98 Å². The largest absolute Gasteiger partial charge is 0.265 e. The Morgan fingerprint density at radius 3 is 1.19 bits per heavy atom. The van der Waals surface area contributed by atoms with E-state index >= 15 is 0 Å². The third kappa shape index (κ3) is 6.10. The Balaban J connectivity index is 1.21. The minimum absolute atomic E-state index is 0.617. The molecular formula is C42H28N6. The standard InChI is InChI=1S/C42H28N6/c1-4-12-29(13-5-1)37-28-38(45-39(44-37)32-22-24-43-25-23-32)35-20-10-18-33(26-35)34-19-11-21-36(27-34)42-47-40(30-14-6-2-7-15-30)46-41(48-42)31-16-8-3-9-17-31/h1-28H. The van der Waals surface area contributed by atoms with Gasteiger partial charge >= 0.3 is 0 Å². The summed E-state index contributed by atoms with van der Waals surface area (Å²) in [7, 11) is 0. The summed E-state index contributed by atoms with van der Waals surface area (Å²) in [5.74, 6) is 2.54. The lowest BCUT2D eigenvalue weighted by molar-refractivity contribution is 1.07. The molecule has 0 fully saturated rings. The van der Waals surface area contributed by atoms with E-state index in [1.807, 2.05) is 103 Å². The summed E-state index contributed by atoms with van der Waals surface area (Å²) < 4.78 is 0. The topological polar surface area (TPSA) is 77.3 Å². The van der Waals surface area contributed by atoms with Crippen molar-refractivity contribution in [1.82, 2.24) is 29.9 Å². The molecule has 226 valence electrons. The molecule has 0 aliphatic rings. The van der Waals surface area contributed by atoms with E-state index in [0.717, 1.165) is 55.9 Å². The van der Waals surface area contributed by atoms with Crippen LogP contribution in [0.4, 0.5) is 0 Å². The van der Waals surface area contributed by atoms with Crippen molar-refractivity contribution in [1.29, 1.82) is 0 Å². The van der Waals surface area contributed by atoms with Gasteiger partial charge in [-0.05, 0) is 41.5 Å². The van der Waals surface area contributed by atoms with Gasteiger partial charge in [0.2, 0.25) is 0 Å². The van der Waals surface area contributed by atoms with Crippen LogP contribution in [0.5, 0.6) is 0 Å². The minimum atomic E-state index is 0.617. The molecule has 0 N–H and O–H groups in total. The zero-order valence-corrected chi connectivity index (χ0v) is 25.8. The lowest BCUT2D eigenvalue weighted by Gasteiger charge is -2.11. The summed E-state index contributed by atoms with van der Waals surface area (Å²) in [6.07, 6.45) is 3.53. The Kier molecular flexibility index (Phi) is 7.79. The molecule has 0 atom stereocenters. The van der Waals surface area contributed by atoms with E-state index in [1.165, 1.54) is 0 Å². The summed E-state index contributed by atoms with van der Waals surface area (Å²) in [4.78, 5) is 28.8. The number of pyridine rings is 1. The van der Waals surface area contributed by atoms with Crippen LogP contribution in [0.1, 0.15) is 0 Å². The highest BCUT2D eigenvalue weighted by Gasteiger charge is 2.14. The van der Waals surface area contributed by atoms with Gasteiger partial charge in [0.05, 0.1) is 11.4 Å². The predicted molar refractivity (Wildman–Crippen MR) is 191 cm³/mol. The van der Waals surface area contributed by atoms with Gasteiger partial charge in [-0.1, -0.05) is 127 Å². The first-order valence-electron chi connectivity index (χ1n) is 15.7. The SMILES string of the molecule is c1ccc(-c2cc(-c3cccc(-c4cccc(-c5nc(-c6ccccc6)nc(-c6ccccc6)n5)c4)c3)nc(-c3ccncc3)n2)cc1. The van der Waals surface area contributed by atoms with Gasteiger partial charge in [-0.25, -0.2) is 24.9 Å². The van der Waals surface area contributed by atoms with Crippen molar-refractivity contribution in [3.8, 4) is 79.2 Å². The molecule has 0 amide bonds. The highest BCUT2D eigenvalue weighted by molar-refractivity contribution is 5.78. The van der Waals surface area contributed by atoms with Crippen LogP contribution in [0.3, 0.4) is 0 Å². The van der Waals surface area contributed by atoms with Crippen LogP contribution in [-0.4, -0.2) is 29.9 Å². The van der Waals surface area contributed by atoms with Gasteiger partial charge in [0.25, 0.3) is 0 Å². The summed E-state index contributed by atoms with van der Waals surface area (Å²) >= 11 is 0. The summed E-state index contributed by atoms with van der Waals surface area (Å²) in [5.41, 5.74) is 9.51. The maximum Gasteiger partial charge on any atom is 0.164 e. The van der Waals surface area contributed by atoms with Crippen molar-refractivity contribution in [3.05, 3.63) is 170 Å². The average molecular weight is 617 g/mol. The fraction of sp³-hybridized carbons (Fsp3) is 0. The van der Waals surface area contributed by atoms with Gasteiger partial charge in [0.1, 0.15) is 0 Å². The van der Waals surface area contributed by atoms with E-state index in [-0.39, 0.29) is 0 Å².